The molecule has 1 aliphatic carbocycles. The minimum atomic E-state index is -4.70. The van der Waals surface area contributed by atoms with Gasteiger partial charge in [0.05, 0.1) is 23.9 Å². The van der Waals surface area contributed by atoms with Crippen molar-refractivity contribution < 1.29 is 22.3 Å². The molecule has 2 aliphatic rings. The highest BCUT2D eigenvalue weighted by Gasteiger charge is 2.33. The molecule has 38 heavy (non-hydrogen) atoms. The first-order valence-corrected chi connectivity index (χ1v) is 12.4. The van der Waals surface area contributed by atoms with Gasteiger partial charge in [-0.2, -0.15) is 18.3 Å². The fourth-order valence-corrected chi connectivity index (χ4v) is 4.85. The number of alkyl halides is 3. The zero-order valence-electron chi connectivity index (χ0n) is 20.7. The van der Waals surface area contributed by atoms with Gasteiger partial charge < -0.3 is 4.74 Å². The van der Waals surface area contributed by atoms with Crippen molar-refractivity contribution in [3.8, 4) is 11.3 Å². The molecule has 198 valence electrons. The number of rotatable bonds is 4. The van der Waals surface area contributed by atoms with Crippen LogP contribution in [0.25, 0.3) is 22.3 Å². The van der Waals surface area contributed by atoms with E-state index in [4.69, 9.17) is 4.74 Å². The highest BCUT2D eigenvalue weighted by molar-refractivity contribution is 5.88. The molecule has 6 rings (SSSR count). The number of hydrogen-bond donors (Lipinski definition) is 0. The Labute approximate surface area is 214 Å². The molecule has 3 aromatic heterocycles. The Morgan fingerprint density at radius 2 is 1.87 bits per heavy atom. The summed E-state index contributed by atoms with van der Waals surface area (Å²) in [5.74, 6) is -0.698. The second-order valence-electron chi connectivity index (χ2n) is 9.91. The first kappa shape index (κ1) is 24.7. The third kappa shape index (κ3) is 4.36. The maximum Gasteiger partial charge on any atom is 0.416 e. The summed E-state index contributed by atoms with van der Waals surface area (Å²) in [6.45, 7) is 2.02. The van der Waals surface area contributed by atoms with Crippen LogP contribution in [-0.4, -0.2) is 35.9 Å². The minimum absolute atomic E-state index is 0.0120. The standard InChI is InChI=1S/C26H24F4N6O2/c1-13-32-22-21(18-6-3-16(10-19(18)27)26(28,29)30)33-24(34-23(22)25(37)35(13)2)14-7-8-38-20(9-14)15-11-31-36(12-15)17-4-5-17/h3,6,10-12,14,17,20H,4-5,7-9H2,1-2H3/t14-,20+/m0/s1. The lowest BCUT2D eigenvalue weighted by Crippen LogP contribution is -2.25. The van der Waals surface area contributed by atoms with Crippen LogP contribution in [-0.2, 0) is 18.0 Å². The summed E-state index contributed by atoms with van der Waals surface area (Å²) in [6, 6.07) is 2.68. The fourth-order valence-electron chi connectivity index (χ4n) is 4.85. The van der Waals surface area contributed by atoms with Gasteiger partial charge in [-0.1, -0.05) is 0 Å². The van der Waals surface area contributed by atoms with E-state index in [9.17, 15) is 18.0 Å². The van der Waals surface area contributed by atoms with Crippen molar-refractivity contribution in [3.63, 3.8) is 0 Å². The van der Waals surface area contributed by atoms with Crippen LogP contribution in [0.1, 0.15) is 66.5 Å². The molecule has 1 saturated carbocycles. The van der Waals surface area contributed by atoms with Crippen LogP contribution in [0.4, 0.5) is 17.6 Å². The molecular weight excluding hydrogens is 504 g/mol. The summed E-state index contributed by atoms with van der Waals surface area (Å²) in [6.07, 6.45) is 2.09. The maximum absolute atomic E-state index is 15.1. The summed E-state index contributed by atoms with van der Waals surface area (Å²) in [5, 5.41) is 4.44. The highest BCUT2D eigenvalue weighted by atomic mass is 19.4. The quantitative estimate of drug-likeness (QED) is 0.346. The smallest absolute Gasteiger partial charge is 0.373 e. The lowest BCUT2D eigenvalue weighted by molar-refractivity contribution is -0.137. The SMILES string of the molecule is Cc1nc2c(-c3ccc(C(F)(F)F)cc3F)nc([C@H]3CCO[C@@H](c4cnn(C5CC5)c4)C3)nc2c(=O)n1C. The van der Waals surface area contributed by atoms with Gasteiger partial charge in [0.2, 0.25) is 0 Å². The van der Waals surface area contributed by atoms with Gasteiger partial charge >= 0.3 is 6.18 Å². The molecule has 1 aliphatic heterocycles. The lowest BCUT2D eigenvalue weighted by atomic mass is 9.92. The molecular formula is C26H24F4N6O2. The number of ether oxygens (including phenoxy) is 1. The Morgan fingerprint density at radius 3 is 2.58 bits per heavy atom. The molecule has 12 heteroatoms. The van der Waals surface area contributed by atoms with Gasteiger partial charge in [-0.15, -0.1) is 0 Å². The predicted molar refractivity (Wildman–Crippen MR) is 129 cm³/mol. The first-order chi connectivity index (χ1) is 18.1. The number of benzene rings is 1. The van der Waals surface area contributed by atoms with Crippen LogP contribution in [0.15, 0.2) is 35.4 Å². The number of aromatic nitrogens is 6. The average molecular weight is 529 g/mol. The van der Waals surface area contributed by atoms with E-state index in [-0.39, 0.29) is 34.3 Å². The molecule has 0 unspecified atom stereocenters. The number of halogens is 4. The topological polar surface area (TPSA) is 87.7 Å². The van der Waals surface area contributed by atoms with E-state index in [2.05, 4.69) is 20.1 Å². The number of aryl methyl sites for hydroxylation is 1. The third-order valence-corrected chi connectivity index (χ3v) is 7.28. The average Bonchev–Trinajstić information content (AvgIpc) is 3.63. The summed E-state index contributed by atoms with van der Waals surface area (Å²) in [5.41, 5.74) is -0.785. The molecule has 0 radical (unpaired) electrons. The molecule has 8 nitrogen and oxygen atoms in total. The summed E-state index contributed by atoms with van der Waals surface area (Å²) in [4.78, 5) is 26.7. The van der Waals surface area contributed by atoms with Gasteiger partial charge in [0, 0.05) is 36.9 Å². The Balaban J connectivity index is 1.45. The minimum Gasteiger partial charge on any atom is -0.373 e. The molecule has 2 atom stereocenters. The molecule has 0 amide bonds. The van der Waals surface area contributed by atoms with Gasteiger partial charge in [0.25, 0.3) is 5.56 Å². The predicted octanol–water partition coefficient (Wildman–Crippen LogP) is 5.02. The van der Waals surface area contributed by atoms with Crippen molar-refractivity contribution in [1.29, 1.82) is 0 Å². The summed E-state index contributed by atoms with van der Waals surface area (Å²) in [7, 11) is 1.55. The molecule has 0 spiro atoms. The van der Waals surface area contributed by atoms with E-state index in [1.807, 2.05) is 10.9 Å². The van der Waals surface area contributed by atoms with Crippen molar-refractivity contribution in [2.75, 3.05) is 6.61 Å². The molecule has 2 fully saturated rings. The van der Waals surface area contributed by atoms with Crippen molar-refractivity contribution in [1.82, 2.24) is 29.3 Å². The monoisotopic (exact) mass is 528 g/mol. The van der Waals surface area contributed by atoms with E-state index in [0.29, 0.717) is 43.2 Å². The van der Waals surface area contributed by atoms with Gasteiger partial charge in [0.1, 0.15) is 28.7 Å². The third-order valence-electron chi connectivity index (χ3n) is 7.28. The second kappa shape index (κ2) is 8.97. The highest BCUT2D eigenvalue weighted by Crippen LogP contribution is 2.40. The Morgan fingerprint density at radius 1 is 1.08 bits per heavy atom. The summed E-state index contributed by atoms with van der Waals surface area (Å²) < 4.78 is 63.9. The van der Waals surface area contributed by atoms with Crippen molar-refractivity contribution >= 4 is 11.0 Å². The van der Waals surface area contributed by atoms with Crippen molar-refractivity contribution in [2.24, 2.45) is 7.05 Å². The van der Waals surface area contributed by atoms with Gasteiger partial charge in [-0.05, 0) is 50.8 Å². The van der Waals surface area contributed by atoms with Crippen molar-refractivity contribution in [3.05, 3.63) is 69.5 Å². The largest absolute Gasteiger partial charge is 0.416 e. The maximum atomic E-state index is 15.1. The number of hydrogen-bond acceptors (Lipinski definition) is 6. The van der Waals surface area contributed by atoms with Crippen LogP contribution >= 0.6 is 0 Å². The number of nitrogens with zero attached hydrogens (tertiary/aromatic N) is 6. The zero-order chi connectivity index (χ0) is 26.8. The van der Waals surface area contributed by atoms with Gasteiger partial charge in [-0.3, -0.25) is 14.0 Å². The van der Waals surface area contributed by atoms with E-state index in [0.717, 1.165) is 30.5 Å². The molecule has 4 heterocycles. The van der Waals surface area contributed by atoms with Crippen molar-refractivity contribution in [2.45, 2.75) is 56.8 Å². The van der Waals surface area contributed by atoms with E-state index in [1.165, 1.54) is 4.57 Å². The van der Waals surface area contributed by atoms with E-state index in [1.54, 1.807) is 20.2 Å². The molecule has 1 saturated heterocycles. The van der Waals surface area contributed by atoms with Crippen LogP contribution < -0.4 is 5.56 Å². The Hall–Kier alpha value is -3.67. The fraction of sp³-hybridized carbons (Fsp3) is 0.423. The zero-order valence-corrected chi connectivity index (χ0v) is 20.7. The van der Waals surface area contributed by atoms with Crippen LogP contribution in [0.5, 0.6) is 0 Å². The first-order valence-electron chi connectivity index (χ1n) is 12.4. The van der Waals surface area contributed by atoms with Crippen LogP contribution in [0.2, 0.25) is 0 Å². The van der Waals surface area contributed by atoms with Gasteiger partial charge in [0.15, 0.2) is 5.52 Å². The molecule has 4 aromatic rings. The van der Waals surface area contributed by atoms with Gasteiger partial charge in [-0.25, -0.2) is 19.3 Å². The molecule has 0 bridgehead atoms. The Kier molecular flexibility index (Phi) is 5.82. The molecule has 1 aromatic carbocycles. The Bertz CT molecular complexity index is 1610. The summed E-state index contributed by atoms with van der Waals surface area (Å²) >= 11 is 0. The van der Waals surface area contributed by atoms with Crippen LogP contribution in [0, 0.1) is 12.7 Å². The second-order valence-corrected chi connectivity index (χ2v) is 9.91. The van der Waals surface area contributed by atoms with E-state index >= 15 is 4.39 Å². The van der Waals surface area contributed by atoms with Crippen LogP contribution in [0.3, 0.4) is 0 Å². The number of fused-ring (bicyclic) bond motifs is 1. The normalized spacial score (nSPS) is 20.3. The molecule has 0 N–H and O–H groups in total. The van der Waals surface area contributed by atoms with E-state index < -0.39 is 23.1 Å². The lowest BCUT2D eigenvalue weighted by Gasteiger charge is -2.28.